The van der Waals surface area contributed by atoms with Gasteiger partial charge in [0.15, 0.2) is 0 Å². The third-order valence-corrected chi connectivity index (χ3v) is 12.7. The second-order valence-corrected chi connectivity index (χ2v) is 22.0. The molecule has 0 unspecified atom stereocenters. The second kappa shape index (κ2) is 15.2. The maximum absolute atomic E-state index is 7.20. The van der Waals surface area contributed by atoms with Gasteiger partial charge >= 0.3 is 0 Å². The summed E-state index contributed by atoms with van der Waals surface area (Å²) in [5, 5.41) is 2.45. The molecule has 0 aliphatic carbocycles. The van der Waals surface area contributed by atoms with Crippen molar-refractivity contribution in [2.24, 2.45) is 0 Å². The summed E-state index contributed by atoms with van der Waals surface area (Å²) in [5.41, 5.74) is 11.4. The van der Waals surface area contributed by atoms with E-state index in [0.717, 1.165) is 34.0 Å². The van der Waals surface area contributed by atoms with Crippen molar-refractivity contribution in [1.29, 1.82) is 0 Å². The van der Waals surface area contributed by atoms with Crippen LogP contribution in [0.5, 0.6) is 11.5 Å². The Bertz CT molecular complexity index is 2810. The molecule has 0 spiro atoms. The van der Waals surface area contributed by atoms with Crippen molar-refractivity contribution in [3.63, 3.8) is 0 Å². The summed E-state index contributed by atoms with van der Waals surface area (Å²) in [6, 6.07) is 44.4. The van der Waals surface area contributed by atoms with E-state index in [0.29, 0.717) is 6.67 Å². The normalized spacial score (nSPS) is 14.3. The molecule has 3 heterocycles. The van der Waals surface area contributed by atoms with E-state index in [1.807, 2.05) is 6.20 Å². The van der Waals surface area contributed by atoms with Crippen LogP contribution in [0.15, 0.2) is 139 Å². The first-order valence-corrected chi connectivity index (χ1v) is 22.3. The van der Waals surface area contributed by atoms with Gasteiger partial charge in [0.05, 0.1) is 17.7 Å². The third kappa shape index (κ3) is 8.15. The van der Waals surface area contributed by atoms with E-state index in [1.54, 1.807) is 0 Å². The average molecular weight is 823 g/mol. The van der Waals surface area contributed by atoms with E-state index in [1.165, 1.54) is 50.0 Å². The number of ether oxygens (including phenoxy) is 1. The molecule has 5 nitrogen and oxygen atoms in total. The van der Waals surface area contributed by atoms with Gasteiger partial charge in [-0.1, -0.05) is 158 Å². The monoisotopic (exact) mass is 823 g/mol. The van der Waals surface area contributed by atoms with E-state index in [2.05, 4.69) is 239 Å². The SMILES string of the molecule is CC(C)(C)c1cccc(N2C=C(C(C)(C)c3ccccc3)N(c3cc(Oc4cc(C(C)(C)C)c5c6ccccc6n(-c6cc(C(C)(C)C)ccn6)c5c4)cc(C(C)(C)C)c3)C2)c1. The van der Waals surface area contributed by atoms with Crippen LogP contribution < -0.4 is 14.5 Å². The first-order valence-electron chi connectivity index (χ1n) is 22.3. The van der Waals surface area contributed by atoms with Crippen molar-refractivity contribution in [3.8, 4) is 17.3 Å². The number of para-hydroxylation sites is 1. The van der Waals surface area contributed by atoms with E-state index in [9.17, 15) is 0 Å². The molecule has 0 amide bonds. The Morgan fingerprint density at radius 1 is 0.500 bits per heavy atom. The Morgan fingerprint density at radius 3 is 1.79 bits per heavy atom. The van der Waals surface area contributed by atoms with Crippen LogP contribution in [0.25, 0.3) is 27.6 Å². The van der Waals surface area contributed by atoms with E-state index < -0.39 is 0 Å². The Morgan fingerprint density at radius 2 is 1.11 bits per heavy atom. The van der Waals surface area contributed by atoms with Crippen molar-refractivity contribution >= 4 is 33.2 Å². The van der Waals surface area contributed by atoms with Gasteiger partial charge in [-0.25, -0.2) is 4.98 Å². The van der Waals surface area contributed by atoms with E-state index in [4.69, 9.17) is 9.72 Å². The second-order valence-electron chi connectivity index (χ2n) is 22.0. The van der Waals surface area contributed by atoms with Crippen molar-refractivity contribution in [2.45, 2.75) is 124 Å². The predicted octanol–water partition coefficient (Wildman–Crippen LogP) is 15.3. The fourth-order valence-corrected chi connectivity index (χ4v) is 8.86. The highest BCUT2D eigenvalue weighted by atomic mass is 16.5. The summed E-state index contributed by atoms with van der Waals surface area (Å²) in [5.74, 6) is 2.52. The first kappa shape index (κ1) is 42.9. The molecule has 0 saturated heterocycles. The molecule has 2 aromatic heterocycles. The van der Waals surface area contributed by atoms with Crippen molar-refractivity contribution < 1.29 is 4.74 Å². The largest absolute Gasteiger partial charge is 0.457 e. The lowest BCUT2D eigenvalue weighted by Crippen LogP contribution is -2.34. The molecule has 8 rings (SSSR count). The van der Waals surface area contributed by atoms with Crippen molar-refractivity contribution in [3.05, 3.63) is 167 Å². The number of aromatic nitrogens is 2. The molecule has 0 saturated carbocycles. The van der Waals surface area contributed by atoms with Crippen molar-refractivity contribution in [2.75, 3.05) is 16.5 Å². The van der Waals surface area contributed by atoms with Gasteiger partial charge in [-0.15, -0.1) is 0 Å². The van der Waals surface area contributed by atoms with Gasteiger partial charge in [0.1, 0.15) is 17.3 Å². The van der Waals surface area contributed by atoms with Crippen molar-refractivity contribution in [1.82, 2.24) is 9.55 Å². The Hall–Kier alpha value is -5.81. The fourth-order valence-electron chi connectivity index (χ4n) is 8.86. The van der Waals surface area contributed by atoms with Crippen LogP contribution in [0.2, 0.25) is 0 Å². The summed E-state index contributed by atoms with van der Waals surface area (Å²) < 4.78 is 9.53. The zero-order valence-corrected chi connectivity index (χ0v) is 39.6. The lowest BCUT2D eigenvalue weighted by molar-refractivity contribution is 0.475. The summed E-state index contributed by atoms with van der Waals surface area (Å²) in [7, 11) is 0. The van der Waals surface area contributed by atoms with Crippen LogP contribution in [0.3, 0.4) is 0 Å². The van der Waals surface area contributed by atoms with Crippen LogP contribution in [-0.2, 0) is 27.1 Å². The number of rotatable bonds is 7. The van der Waals surface area contributed by atoms with Crippen LogP contribution in [0.4, 0.5) is 11.4 Å². The first-order chi connectivity index (χ1) is 29.0. The lowest BCUT2D eigenvalue weighted by Gasteiger charge is -2.35. The smallest absolute Gasteiger partial charge is 0.137 e. The summed E-state index contributed by atoms with van der Waals surface area (Å²) in [6.07, 6.45) is 4.31. The maximum Gasteiger partial charge on any atom is 0.137 e. The van der Waals surface area contributed by atoms with Crippen LogP contribution in [-0.4, -0.2) is 16.2 Å². The molecule has 0 atom stereocenters. The molecule has 7 aromatic rings. The van der Waals surface area contributed by atoms with Gasteiger partial charge in [0, 0.05) is 57.8 Å². The molecule has 5 aromatic carbocycles. The molecule has 320 valence electrons. The topological polar surface area (TPSA) is 33.5 Å². The van der Waals surface area contributed by atoms with Gasteiger partial charge in [0.2, 0.25) is 0 Å². The van der Waals surface area contributed by atoms with Gasteiger partial charge in [-0.05, 0) is 98.0 Å². The highest BCUT2D eigenvalue weighted by molar-refractivity contribution is 6.11. The predicted molar refractivity (Wildman–Crippen MR) is 264 cm³/mol. The Kier molecular flexibility index (Phi) is 10.5. The van der Waals surface area contributed by atoms with Crippen LogP contribution in [0, 0.1) is 0 Å². The molecular weight excluding hydrogens is 757 g/mol. The van der Waals surface area contributed by atoms with Gasteiger partial charge < -0.3 is 14.5 Å². The number of anilines is 2. The minimum atomic E-state index is -0.297. The molecule has 1 aliphatic rings. The fraction of sp³-hybridized carbons (Fsp3) is 0.351. The van der Waals surface area contributed by atoms with E-state index >= 15 is 0 Å². The number of pyridine rings is 1. The van der Waals surface area contributed by atoms with Gasteiger partial charge in [-0.3, -0.25) is 4.57 Å². The maximum atomic E-state index is 7.20. The highest BCUT2D eigenvalue weighted by Gasteiger charge is 2.37. The molecule has 5 heteroatoms. The van der Waals surface area contributed by atoms with E-state index in [-0.39, 0.29) is 27.1 Å². The molecular formula is C57H66N4O. The number of nitrogens with zero attached hydrogens (tertiary/aromatic N) is 4. The standard InChI is InChI=1S/C57H66N4O/c1-53(2,3)39-23-20-24-42(29-39)59-36-50(57(13,14)38-21-16-15-17-22-38)60(37-59)43-30-41(55(7,8)9)31-44(33-43)62-45-34-47(56(10,11)12)52-46-25-18-19-26-48(46)61(49(52)35-45)51-32-40(27-28-58-51)54(4,5)6/h15-36H,37H2,1-14H3. The molecule has 0 fully saturated rings. The summed E-state index contributed by atoms with van der Waals surface area (Å²) >= 11 is 0. The van der Waals surface area contributed by atoms with Crippen LogP contribution in [0.1, 0.15) is 125 Å². The average Bonchev–Trinajstić information content (AvgIpc) is 3.81. The number of hydrogen-bond acceptors (Lipinski definition) is 4. The van der Waals surface area contributed by atoms with Gasteiger partial charge in [-0.2, -0.15) is 0 Å². The Balaban J connectivity index is 1.30. The quantitative estimate of drug-likeness (QED) is 0.160. The molecule has 0 bridgehead atoms. The number of benzene rings is 5. The van der Waals surface area contributed by atoms with Gasteiger partial charge in [0.25, 0.3) is 0 Å². The summed E-state index contributed by atoms with van der Waals surface area (Å²) in [6.45, 7) is 32.7. The highest BCUT2D eigenvalue weighted by Crippen LogP contribution is 2.46. The minimum Gasteiger partial charge on any atom is -0.457 e. The summed E-state index contributed by atoms with van der Waals surface area (Å²) in [4.78, 5) is 9.90. The molecule has 1 aliphatic heterocycles. The number of fused-ring (bicyclic) bond motifs is 3. The number of allylic oxidation sites excluding steroid dienone is 1. The third-order valence-electron chi connectivity index (χ3n) is 12.7. The molecule has 0 N–H and O–H groups in total. The molecule has 0 radical (unpaired) electrons. The zero-order valence-electron chi connectivity index (χ0n) is 39.6. The zero-order chi connectivity index (χ0) is 44.6. The lowest BCUT2D eigenvalue weighted by atomic mass is 9.81. The minimum absolute atomic E-state index is 0.0226. The molecule has 62 heavy (non-hydrogen) atoms. The van der Waals surface area contributed by atoms with Crippen LogP contribution >= 0.6 is 0 Å². The number of hydrogen-bond donors (Lipinski definition) is 0. The Labute approximate surface area is 371 Å².